The third-order valence-electron chi connectivity index (χ3n) is 2.03. The molecule has 0 unspecified atom stereocenters. The quantitative estimate of drug-likeness (QED) is 0.611. The van der Waals surface area contributed by atoms with Gasteiger partial charge in [-0.2, -0.15) is 0 Å². The molecule has 0 aromatic rings. The summed E-state index contributed by atoms with van der Waals surface area (Å²) in [6, 6.07) is 0. The van der Waals surface area contributed by atoms with E-state index in [0.29, 0.717) is 18.7 Å². The number of piperazine rings is 1. The van der Waals surface area contributed by atoms with Gasteiger partial charge in [-0.1, -0.05) is 0 Å². The van der Waals surface area contributed by atoms with Crippen LogP contribution in [0.25, 0.3) is 0 Å². The smallest absolute Gasteiger partial charge is 0.282 e. The Hall–Kier alpha value is -0.900. The van der Waals surface area contributed by atoms with Crippen LogP contribution >= 0.6 is 0 Å². The summed E-state index contributed by atoms with van der Waals surface area (Å²) in [5, 5.41) is 3.11. The summed E-state index contributed by atoms with van der Waals surface area (Å²) in [4.78, 5) is 12.9. The number of rotatable bonds is 1. The average molecular weight is 186 g/mol. The van der Waals surface area contributed by atoms with Crippen LogP contribution in [0.1, 0.15) is 13.8 Å². The van der Waals surface area contributed by atoms with Gasteiger partial charge in [0.05, 0.1) is 0 Å². The normalized spacial score (nSPS) is 17.0. The van der Waals surface area contributed by atoms with Crippen molar-refractivity contribution in [2.75, 3.05) is 26.2 Å². The van der Waals surface area contributed by atoms with Gasteiger partial charge in [0.25, 0.3) is 5.91 Å². The molecular formula is C9H15FN2O. The molecule has 4 heteroatoms. The van der Waals surface area contributed by atoms with Gasteiger partial charge in [0.1, 0.15) is 0 Å². The summed E-state index contributed by atoms with van der Waals surface area (Å²) in [7, 11) is 0. The monoisotopic (exact) mass is 186 g/mol. The van der Waals surface area contributed by atoms with E-state index in [4.69, 9.17) is 0 Å². The van der Waals surface area contributed by atoms with Crippen molar-refractivity contribution in [1.29, 1.82) is 0 Å². The Morgan fingerprint density at radius 3 is 2.31 bits per heavy atom. The first-order valence-electron chi connectivity index (χ1n) is 4.46. The maximum atomic E-state index is 13.2. The molecule has 1 aliphatic rings. The molecule has 0 spiro atoms. The fraction of sp³-hybridized carbons (Fsp3) is 0.667. The number of allylic oxidation sites excluding steroid dienone is 1. The van der Waals surface area contributed by atoms with E-state index in [2.05, 4.69) is 5.32 Å². The predicted molar refractivity (Wildman–Crippen MR) is 48.9 cm³/mol. The summed E-state index contributed by atoms with van der Waals surface area (Å²) in [6.07, 6.45) is 0. The molecule has 0 aromatic heterocycles. The largest absolute Gasteiger partial charge is 0.334 e. The van der Waals surface area contributed by atoms with Gasteiger partial charge in [-0.3, -0.25) is 4.79 Å². The lowest BCUT2D eigenvalue weighted by Crippen LogP contribution is -2.46. The standard InChI is InChI=1S/C9H15FN2O/c1-7(2)8(10)9(13)12-5-3-11-4-6-12/h11H,3-6H2,1-2H3. The van der Waals surface area contributed by atoms with E-state index in [1.807, 2.05) is 0 Å². The highest BCUT2D eigenvalue weighted by atomic mass is 19.1. The lowest BCUT2D eigenvalue weighted by molar-refractivity contribution is -0.129. The number of nitrogens with one attached hydrogen (secondary N) is 1. The molecule has 0 saturated carbocycles. The van der Waals surface area contributed by atoms with Gasteiger partial charge in [0.2, 0.25) is 0 Å². The number of halogens is 1. The first-order chi connectivity index (χ1) is 6.13. The van der Waals surface area contributed by atoms with Crippen LogP contribution in [0, 0.1) is 0 Å². The van der Waals surface area contributed by atoms with Gasteiger partial charge in [-0.05, 0) is 19.4 Å². The molecule has 3 nitrogen and oxygen atoms in total. The van der Waals surface area contributed by atoms with Crippen molar-refractivity contribution in [3.8, 4) is 0 Å². The van der Waals surface area contributed by atoms with E-state index in [9.17, 15) is 9.18 Å². The van der Waals surface area contributed by atoms with Crippen LogP contribution in [-0.2, 0) is 4.79 Å². The molecule has 1 fully saturated rings. The van der Waals surface area contributed by atoms with Crippen molar-refractivity contribution < 1.29 is 9.18 Å². The Morgan fingerprint density at radius 1 is 1.31 bits per heavy atom. The van der Waals surface area contributed by atoms with Crippen molar-refractivity contribution >= 4 is 5.91 Å². The highest BCUT2D eigenvalue weighted by Crippen LogP contribution is 2.09. The van der Waals surface area contributed by atoms with E-state index in [1.165, 1.54) is 0 Å². The zero-order chi connectivity index (χ0) is 9.84. The van der Waals surface area contributed by atoms with Gasteiger partial charge in [-0.15, -0.1) is 0 Å². The summed E-state index contributed by atoms with van der Waals surface area (Å²) in [5.74, 6) is -1.08. The number of carbonyl (C=O) groups is 1. The zero-order valence-electron chi connectivity index (χ0n) is 8.06. The number of carbonyl (C=O) groups excluding carboxylic acids is 1. The fourth-order valence-electron chi connectivity index (χ4n) is 1.22. The lowest BCUT2D eigenvalue weighted by Gasteiger charge is -2.26. The van der Waals surface area contributed by atoms with Gasteiger partial charge >= 0.3 is 0 Å². The average Bonchev–Trinajstić information content (AvgIpc) is 2.17. The van der Waals surface area contributed by atoms with Crippen molar-refractivity contribution in [1.82, 2.24) is 10.2 Å². The summed E-state index contributed by atoms with van der Waals surface area (Å²) < 4.78 is 13.2. The van der Waals surface area contributed by atoms with E-state index in [0.717, 1.165) is 13.1 Å². The van der Waals surface area contributed by atoms with Crippen LogP contribution < -0.4 is 5.32 Å². The van der Waals surface area contributed by atoms with Crippen molar-refractivity contribution in [3.05, 3.63) is 11.4 Å². The number of nitrogens with zero attached hydrogens (tertiary/aromatic N) is 1. The van der Waals surface area contributed by atoms with Crippen LogP contribution in [-0.4, -0.2) is 37.0 Å². The number of hydrogen-bond acceptors (Lipinski definition) is 2. The highest BCUT2D eigenvalue weighted by Gasteiger charge is 2.20. The second kappa shape index (κ2) is 4.37. The Kier molecular flexibility index (Phi) is 3.42. The fourth-order valence-corrected chi connectivity index (χ4v) is 1.22. The molecule has 0 radical (unpaired) electrons. The molecule has 0 aromatic carbocycles. The van der Waals surface area contributed by atoms with E-state index < -0.39 is 11.7 Å². The lowest BCUT2D eigenvalue weighted by atomic mass is 10.2. The first-order valence-corrected chi connectivity index (χ1v) is 4.46. The SMILES string of the molecule is CC(C)=C(F)C(=O)N1CCNCC1. The van der Waals surface area contributed by atoms with Gasteiger partial charge in [0.15, 0.2) is 5.83 Å². The Balaban J connectivity index is 2.61. The maximum Gasteiger partial charge on any atom is 0.282 e. The van der Waals surface area contributed by atoms with Gasteiger partial charge < -0.3 is 10.2 Å². The van der Waals surface area contributed by atoms with Crippen LogP contribution in [0.4, 0.5) is 4.39 Å². The van der Waals surface area contributed by atoms with Crippen LogP contribution in [0.2, 0.25) is 0 Å². The second-order valence-electron chi connectivity index (χ2n) is 3.36. The minimum atomic E-state index is -0.609. The maximum absolute atomic E-state index is 13.2. The van der Waals surface area contributed by atoms with Crippen molar-refractivity contribution in [2.45, 2.75) is 13.8 Å². The Labute approximate surface area is 77.6 Å². The molecule has 0 atom stereocenters. The van der Waals surface area contributed by atoms with Crippen molar-refractivity contribution in [3.63, 3.8) is 0 Å². The first kappa shape index (κ1) is 10.2. The number of hydrogen-bond donors (Lipinski definition) is 1. The topological polar surface area (TPSA) is 32.3 Å². The van der Waals surface area contributed by atoms with Crippen LogP contribution in [0.15, 0.2) is 11.4 Å². The number of amides is 1. The summed E-state index contributed by atoms with van der Waals surface area (Å²) in [6.45, 7) is 5.91. The molecule has 1 rings (SSSR count). The molecule has 1 saturated heterocycles. The van der Waals surface area contributed by atoms with E-state index >= 15 is 0 Å². The van der Waals surface area contributed by atoms with Gasteiger partial charge in [0, 0.05) is 26.2 Å². The van der Waals surface area contributed by atoms with Gasteiger partial charge in [-0.25, -0.2) is 4.39 Å². The van der Waals surface area contributed by atoms with Crippen LogP contribution in [0.5, 0.6) is 0 Å². The summed E-state index contributed by atoms with van der Waals surface area (Å²) in [5.41, 5.74) is 0.448. The van der Waals surface area contributed by atoms with E-state index in [1.54, 1.807) is 18.7 Å². The Bertz CT molecular complexity index is 228. The molecule has 13 heavy (non-hydrogen) atoms. The molecule has 74 valence electrons. The summed E-state index contributed by atoms with van der Waals surface area (Å²) >= 11 is 0. The minimum absolute atomic E-state index is 0.448. The third kappa shape index (κ3) is 2.52. The predicted octanol–water partition coefficient (Wildman–Crippen LogP) is 0.682. The highest BCUT2D eigenvalue weighted by molar-refractivity contribution is 5.91. The second-order valence-corrected chi connectivity index (χ2v) is 3.36. The molecule has 1 heterocycles. The molecule has 0 aliphatic carbocycles. The molecular weight excluding hydrogens is 171 g/mol. The molecule has 1 N–H and O–H groups in total. The Morgan fingerprint density at radius 2 is 1.85 bits per heavy atom. The van der Waals surface area contributed by atoms with Crippen molar-refractivity contribution in [2.24, 2.45) is 0 Å². The molecule has 1 aliphatic heterocycles. The third-order valence-corrected chi connectivity index (χ3v) is 2.03. The minimum Gasteiger partial charge on any atom is -0.334 e. The zero-order valence-corrected chi connectivity index (χ0v) is 8.06. The molecule has 0 bridgehead atoms. The molecule has 1 amide bonds. The van der Waals surface area contributed by atoms with E-state index in [-0.39, 0.29) is 0 Å². The van der Waals surface area contributed by atoms with Crippen LogP contribution in [0.3, 0.4) is 0 Å².